The molecule has 0 spiro atoms. The van der Waals surface area contributed by atoms with Crippen molar-refractivity contribution in [2.24, 2.45) is 22.2 Å². The number of Topliss-reactive ketones (excluding diaryl/α,β-unsaturated/α-hetero) is 1. The highest BCUT2D eigenvalue weighted by molar-refractivity contribution is 5.94. The fraction of sp³-hybridized carbons (Fsp3) is 0.585. The summed E-state index contributed by atoms with van der Waals surface area (Å²) in [6.45, 7) is 11.9. The van der Waals surface area contributed by atoms with E-state index in [0.717, 1.165) is 6.92 Å². The van der Waals surface area contributed by atoms with Crippen LogP contribution in [-0.2, 0) is 33.3 Å². The highest BCUT2D eigenvalue weighted by Crippen LogP contribution is 2.64. The van der Waals surface area contributed by atoms with Gasteiger partial charge in [-0.2, -0.15) is 0 Å². The van der Waals surface area contributed by atoms with E-state index >= 15 is 0 Å². The standard InChI is InChI=1S/C41H51NO14/c1-20-24(54-36(50)29(46)31(37(3,4)5)42-34(48)23-15-12-16-52-23)18-41(51)33(55-35(49)22-13-10-9-11-14-22)30-39(8,32(47)28(45)27(20)38(41,6)7)25(44)17-26-40(30,19-53-26)56-21(2)43/h9-16,24-26,28-31,33,44-46,51H,17-19H2,1-8H3,(H,42,48)/t24-,25-,26?,28+,29+,30-,31+,33-,39+,40-,41+/m0/s1. The summed E-state index contributed by atoms with van der Waals surface area (Å²) >= 11 is 0. The largest absolute Gasteiger partial charge is 0.459 e. The number of hydrogen-bond donors (Lipinski definition) is 5. The first kappa shape index (κ1) is 41.2. The highest BCUT2D eigenvalue weighted by Gasteiger charge is 2.78. The Balaban J connectivity index is 1.49. The fourth-order valence-corrected chi connectivity index (χ4v) is 9.51. The average molecular weight is 782 g/mol. The molecule has 2 heterocycles. The van der Waals surface area contributed by atoms with Crippen LogP contribution in [0.25, 0.3) is 0 Å². The molecule has 1 aromatic carbocycles. The van der Waals surface area contributed by atoms with E-state index in [2.05, 4.69) is 5.32 Å². The number of ketones is 1. The van der Waals surface area contributed by atoms with Gasteiger partial charge in [-0.15, -0.1) is 0 Å². The quantitative estimate of drug-likeness (QED) is 0.147. The Bertz CT molecular complexity index is 1920. The minimum absolute atomic E-state index is 0.0526. The lowest BCUT2D eigenvalue weighted by atomic mass is 9.44. The molecule has 56 heavy (non-hydrogen) atoms. The van der Waals surface area contributed by atoms with Crippen LogP contribution in [-0.4, -0.2) is 110 Å². The minimum atomic E-state index is -2.34. The third-order valence-corrected chi connectivity index (χ3v) is 12.7. The Hall–Kier alpha value is -4.41. The maximum atomic E-state index is 14.9. The molecule has 15 heteroatoms. The van der Waals surface area contributed by atoms with Crippen LogP contribution in [0.2, 0.25) is 0 Å². The van der Waals surface area contributed by atoms with E-state index in [0.29, 0.717) is 0 Å². The molecule has 1 aliphatic heterocycles. The zero-order valence-electron chi connectivity index (χ0n) is 32.7. The second kappa shape index (κ2) is 14.2. The Kier molecular flexibility index (Phi) is 10.5. The van der Waals surface area contributed by atoms with E-state index in [9.17, 15) is 44.4 Å². The zero-order valence-corrected chi connectivity index (χ0v) is 32.7. The number of hydrogen-bond acceptors (Lipinski definition) is 14. The van der Waals surface area contributed by atoms with Crippen LogP contribution in [0.4, 0.5) is 0 Å². The first-order valence-electron chi connectivity index (χ1n) is 18.7. The van der Waals surface area contributed by atoms with Crippen molar-refractivity contribution < 1.29 is 67.8 Å². The molecule has 1 aromatic heterocycles. The average Bonchev–Trinajstić information content (AvgIpc) is 3.67. The molecule has 5 N–H and O–H groups in total. The Labute approximate surface area is 324 Å². The topological polar surface area (TPSA) is 228 Å². The Morgan fingerprint density at radius 1 is 1.00 bits per heavy atom. The van der Waals surface area contributed by atoms with Gasteiger partial charge in [-0.1, -0.05) is 52.8 Å². The lowest BCUT2D eigenvalue weighted by Gasteiger charge is -2.67. The third kappa shape index (κ3) is 6.37. The van der Waals surface area contributed by atoms with Crippen molar-refractivity contribution in [2.75, 3.05) is 6.61 Å². The number of aliphatic hydroxyl groups is 4. The van der Waals surface area contributed by atoms with Crippen LogP contribution in [0.15, 0.2) is 64.3 Å². The fourth-order valence-electron chi connectivity index (χ4n) is 9.51. The van der Waals surface area contributed by atoms with Gasteiger partial charge in [0, 0.05) is 25.2 Å². The molecular formula is C41H51NO14. The van der Waals surface area contributed by atoms with Crippen LogP contribution in [0.3, 0.4) is 0 Å². The van der Waals surface area contributed by atoms with Crippen molar-refractivity contribution in [1.29, 1.82) is 0 Å². The molecule has 1 saturated heterocycles. The number of carbonyl (C=O) groups is 5. The highest BCUT2D eigenvalue weighted by atomic mass is 16.6. The number of aliphatic hydroxyl groups excluding tert-OH is 3. The molecule has 3 fully saturated rings. The van der Waals surface area contributed by atoms with Gasteiger partial charge in [0.1, 0.15) is 30.0 Å². The zero-order chi connectivity index (χ0) is 41.3. The summed E-state index contributed by atoms with van der Waals surface area (Å²) in [6, 6.07) is 9.56. The van der Waals surface area contributed by atoms with E-state index < -0.39 is 112 Å². The van der Waals surface area contributed by atoms with Gasteiger partial charge in [-0.3, -0.25) is 14.4 Å². The SMILES string of the molecule is CC(=O)O[C@@]12COC1C[C@H](O)[C@@]1(C)C(=O)[C@H](O)C3=C(C)[C@@H](OC(=O)[C@H](O)[C@@H](NC(=O)c4ccco4)C(C)(C)C)C[C@@](O)([C@@H](OC(=O)c4ccccc4)[C@@H]12)C3(C)C. The second-order valence-electron chi connectivity index (χ2n) is 17.3. The summed E-state index contributed by atoms with van der Waals surface area (Å²) in [4.78, 5) is 68.7. The molecule has 304 valence electrons. The number of nitrogens with one attached hydrogen (secondary N) is 1. The summed E-state index contributed by atoms with van der Waals surface area (Å²) in [5, 5.41) is 51.5. The van der Waals surface area contributed by atoms with Gasteiger partial charge < -0.3 is 49.1 Å². The Morgan fingerprint density at radius 2 is 1.66 bits per heavy atom. The van der Waals surface area contributed by atoms with Gasteiger partial charge >= 0.3 is 17.9 Å². The van der Waals surface area contributed by atoms with E-state index in [1.807, 2.05) is 0 Å². The van der Waals surface area contributed by atoms with Crippen LogP contribution in [0.1, 0.15) is 89.1 Å². The van der Waals surface area contributed by atoms with Crippen molar-refractivity contribution in [3.63, 3.8) is 0 Å². The van der Waals surface area contributed by atoms with Gasteiger partial charge in [0.25, 0.3) is 5.91 Å². The lowest BCUT2D eigenvalue weighted by Crippen LogP contribution is -2.81. The normalized spacial score (nSPS) is 34.6. The molecule has 11 atom stereocenters. The van der Waals surface area contributed by atoms with Gasteiger partial charge in [0.05, 0.1) is 41.9 Å². The van der Waals surface area contributed by atoms with E-state index in [1.54, 1.807) is 52.8 Å². The maximum Gasteiger partial charge on any atom is 0.338 e. The van der Waals surface area contributed by atoms with Crippen molar-refractivity contribution in [3.8, 4) is 0 Å². The van der Waals surface area contributed by atoms with Gasteiger partial charge in [0.15, 0.2) is 23.2 Å². The monoisotopic (exact) mass is 781 g/mol. The number of ether oxygens (including phenoxy) is 4. The number of benzene rings is 1. The van der Waals surface area contributed by atoms with Crippen molar-refractivity contribution in [1.82, 2.24) is 5.32 Å². The van der Waals surface area contributed by atoms with E-state index in [-0.39, 0.29) is 35.5 Å². The Morgan fingerprint density at radius 3 is 2.21 bits per heavy atom. The summed E-state index contributed by atoms with van der Waals surface area (Å²) in [5.74, 6) is -6.05. The summed E-state index contributed by atoms with van der Waals surface area (Å²) in [6.07, 6.45) is -9.09. The first-order chi connectivity index (χ1) is 26.0. The number of carbonyl (C=O) groups excluding carboxylic acids is 5. The molecule has 15 nitrogen and oxygen atoms in total. The molecule has 6 rings (SSSR count). The number of fused-ring (bicyclic) bond motifs is 5. The molecule has 2 saturated carbocycles. The summed E-state index contributed by atoms with van der Waals surface area (Å²) < 4.78 is 29.2. The predicted octanol–water partition coefficient (Wildman–Crippen LogP) is 2.43. The molecule has 1 amide bonds. The lowest BCUT2D eigenvalue weighted by molar-refractivity contribution is -0.346. The van der Waals surface area contributed by atoms with Crippen LogP contribution in [0, 0.1) is 22.2 Å². The summed E-state index contributed by atoms with van der Waals surface area (Å²) in [7, 11) is 0. The van der Waals surface area contributed by atoms with Gasteiger partial charge in [0.2, 0.25) is 0 Å². The molecule has 3 aliphatic carbocycles. The summed E-state index contributed by atoms with van der Waals surface area (Å²) in [5.41, 5.74) is -8.38. The van der Waals surface area contributed by atoms with Crippen LogP contribution < -0.4 is 5.32 Å². The smallest absolute Gasteiger partial charge is 0.338 e. The van der Waals surface area contributed by atoms with Crippen molar-refractivity contribution in [2.45, 2.75) is 122 Å². The number of furan rings is 1. The minimum Gasteiger partial charge on any atom is -0.459 e. The van der Waals surface area contributed by atoms with Crippen molar-refractivity contribution in [3.05, 3.63) is 71.2 Å². The van der Waals surface area contributed by atoms with Crippen LogP contribution >= 0.6 is 0 Å². The number of esters is 3. The van der Waals surface area contributed by atoms with E-state index in [1.165, 1.54) is 44.4 Å². The van der Waals surface area contributed by atoms with Gasteiger partial charge in [-0.25, -0.2) is 9.59 Å². The molecule has 1 unspecified atom stereocenters. The molecule has 0 radical (unpaired) electrons. The molecule has 2 aromatic rings. The molecule has 2 bridgehead atoms. The van der Waals surface area contributed by atoms with Crippen molar-refractivity contribution >= 4 is 29.6 Å². The second-order valence-corrected chi connectivity index (χ2v) is 17.3. The number of amides is 1. The van der Waals surface area contributed by atoms with Gasteiger partial charge in [-0.05, 0) is 54.7 Å². The van der Waals surface area contributed by atoms with Crippen LogP contribution in [0.5, 0.6) is 0 Å². The third-order valence-electron chi connectivity index (χ3n) is 12.7. The van der Waals surface area contributed by atoms with E-state index in [4.69, 9.17) is 23.4 Å². The number of rotatable bonds is 8. The molecular weight excluding hydrogens is 730 g/mol. The first-order valence-corrected chi connectivity index (χ1v) is 18.7. The predicted molar refractivity (Wildman–Crippen MR) is 194 cm³/mol. The molecule has 4 aliphatic rings. The maximum absolute atomic E-state index is 14.9.